The zero-order chi connectivity index (χ0) is 44.6. The van der Waals surface area contributed by atoms with Crippen molar-refractivity contribution in [3.8, 4) is 0 Å². The van der Waals surface area contributed by atoms with Crippen LogP contribution in [0.15, 0.2) is 85.1 Å². The predicted molar refractivity (Wildman–Crippen MR) is 235 cm³/mol. The topological polar surface area (TPSA) is 212 Å². The number of hydrogen-bond donors (Lipinski definition) is 4. The van der Waals surface area contributed by atoms with Crippen molar-refractivity contribution in [1.29, 1.82) is 0 Å². The van der Waals surface area contributed by atoms with Gasteiger partial charge in [0.1, 0.15) is 12.7 Å². The fraction of sp³-hybridized carbons (Fsp3) is 0.614. The van der Waals surface area contributed by atoms with Gasteiger partial charge in [0.25, 0.3) is 0 Å². The molecule has 16 heteroatoms. The molecule has 4 N–H and O–H groups in total. The first-order chi connectivity index (χ1) is 28.8. The van der Waals surface area contributed by atoms with Gasteiger partial charge in [0.15, 0.2) is 11.9 Å². The average molecular weight is 887 g/mol. The molecule has 0 saturated carbocycles. The minimum Gasteiger partial charge on any atom is -0.462 e. The van der Waals surface area contributed by atoms with Gasteiger partial charge in [0.2, 0.25) is 0 Å². The summed E-state index contributed by atoms with van der Waals surface area (Å²) in [6.07, 6.45) is 40.2. The van der Waals surface area contributed by atoms with Crippen LogP contribution in [0.5, 0.6) is 0 Å². The summed E-state index contributed by atoms with van der Waals surface area (Å²) in [7, 11) is -9.77. The van der Waals surface area contributed by atoms with Crippen LogP contribution in [0.1, 0.15) is 136 Å². The van der Waals surface area contributed by atoms with Crippen LogP contribution < -0.4 is 0 Å². The lowest BCUT2D eigenvalue weighted by atomic mass is 10.1. The fourth-order valence-electron chi connectivity index (χ4n) is 5.02. The molecule has 0 aromatic heterocycles. The summed E-state index contributed by atoms with van der Waals surface area (Å²) in [6, 6.07) is 0. The van der Waals surface area contributed by atoms with Gasteiger partial charge < -0.3 is 29.3 Å². The number of rotatable bonds is 39. The highest BCUT2D eigenvalue weighted by Gasteiger charge is 2.28. The lowest BCUT2D eigenvalue weighted by molar-refractivity contribution is -0.161. The van der Waals surface area contributed by atoms with E-state index in [1.165, 1.54) is 25.3 Å². The summed E-state index contributed by atoms with van der Waals surface area (Å²) >= 11 is 0. The molecule has 14 nitrogen and oxygen atoms in total. The van der Waals surface area contributed by atoms with Crippen LogP contribution in [0.3, 0.4) is 0 Å². The second kappa shape index (κ2) is 38.9. The molecule has 0 aromatic carbocycles. The van der Waals surface area contributed by atoms with E-state index in [4.69, 9.17) is 23.8 Å². The highest BCUT2D eigenvalue weighted by Crippen LogP contribution is 2.43. The van der Waals surface area contributed by atoms with Crippen molar-refractivity contribution in [2.45, 2.75) is 148 Å². The van der Waals surface area contributed by atoms with E-state index in [-0.39, 0.29) is 31.5 Å². The number of ketones is 1. The SMILES string of the molecule is CC/C=C\C/C=C\C/C=C\CCCCCCCC(=O)OC[C@H](COP(=O)(O)OC[C@@H](O)COP(=O)(O)O)OC(=O)CCCC(=O)/C=C/C=C\C/C=C\C/C=C\CCCCC. The van der Waals surface area contributed by atoms with Gasteiger partial charge in [-0.05, 0) is 76.7 Å². The van der Waals surface area contributed by atoms with Gasteiger partial charge in [0, 0.05) is 19.3 Å². The van der Waals surface area contributed by atoms with Crippen molar-refractivity contribution in [3.05, 3.63) is 85.1 Å². The van der Waals surface area contributed by atoms with Gasteiger partial charge in [0.05, 0.1) is 19.8 Å². The molecule has 0 amide bonds. The van der Waals surface area contributed by atoms with E-state index in [0.29, 0.717) is 6.42 Å². The fourth-order valence-corrected chi connectivity index (χ4v) is 6.18. The summed E-state index contributed by atoms with van der Waals surface area (Å²) in [5.41, 5.74) is 0. The third-order valence-electron chi connectivity index (χ3n) is 8.23. The number of aliphatic hydroxyl groups excluding tert-OH is 1. The lowest BCUT2D eigenvalue weighted by Crippen LogP contribution is -2.30. The second-order valence-electron chi connectivity index (χ2n) is 13.9. The molecular formula is C44H72O14P2. The molecular weight excluding hydrogens is 814 g/mol. The zero-order valence-electron chi connectivity index (χ0n) is 35.8. The Morgan fingerprint density at radius 3 is 1.72 bits per heavy atom. The van der Waals surface area contributed by atoms with Crippen LogP contribution in [0.4, 0.5) is 0 Å². The maximum absolute atomic E-state index is 12.6. The Bertz CT molecular complexity index is 1440. The van der Waals surface area contributed by atoms with Gasteiger partial charge >= 0.3 is 27.6 Å². The monoisotopic (exact) mass is 886 g/mol. The molecule has 0 aliphatic carbocycles. The number of allylic oxidation sites excluding steroid dienone is 14. The Morgan fingerprint density at radius 2 is 1.08 bits per heavy atom. The van der Waals surface area contributed by atoms with Crippen molar-refractivity contribution < 1.29 is 66.3 Å². The summed E-state index contributed by atoms with van der Waals surface area (Å²) < 4.78 is 47.5. The van der Waals surface area contributed by atoms with Crippen molar-refractivity contribution in [2.75, 3.05) is 26.4 Å². The Labute approximate surface area is 358 Å². The van der Waals surface area contributed by atoms with Gasteiger partial charge in [-0.15, -0.1) is 0 Å². The van der Waals surface area contributed by atoms with Crippen molar-refractivity contribution in [1.82, 2.24) is 0 Å². The average Bonchev–Trinajstić information content (AvgIpc) is 3.20. The number of ether oxygens (including phenoxy) is 2. The predicted octanol–water partition coefficient (Wildman–Crippen LogP) is 9.96. The number of phosphoric acid groups is 2. The summed E-state index contributed by atoms with van der Waals surface area (Å²) in [4.78, 5) is 64.9. The second-order valence-corrected chi connectivity index (χ2v) is 16.6. The minimum atomic E-state index is -4.89. The highest BCUT2D eigenvalue weighted by molar-refractivity contribution is 7.47. The van der Waals surface area contributed by atoms with Crippen LogP contribution in [0.25, 0.3) is 0 Å². The number of esters is 2. The first-order valence-electron chi connectivity index (χ1n) is 21.2. The largest absolute Gasteiger partial charge is 0.472 e. The van der Waals surface area contributed by atoms with E-state index < -0.39 is 66.2 Å². The standard InChI is InChI=1S/C44H72O14P2/c1-3-5-7-9-11-13-15-17-18-20-22-24-26-28-30-34-43(47)54-38-42(39-57-60(52,53)56-37-41(46)36-55-59(49,50)51)58-44(48)35-31-33-40(45)32-29-27-25-23-21-19-16-14-12-10-8-6-4-2/h5,7,11-14,17-19,21,25,27,29,32,41-42,46H,3-4,6,8-10,15-16,20,22-24,26,28,30-31,33-39H2,1-2H3,(H,52,53)(H2,49,50,51)/b7-5-,13-11-,14-12-,18-17-,21-19-,27-25-,32-29+/t41-,42+/m0/s1. The van der Waals surface area contributed by atoms with Crippen LogP contribution >= 0.6 is 15.6 Å². The quantitative estimate of drug-likeness (QED) is 0.0113. The summed E-state index contributed by atoms with van der Waals surface area (Å²) in [5.74, 6) is -1.51. The molecule has 0 fully saturated rings. The summed E-state index contributed by atoms with van der Waals surface area (Å²) in [6.45, 7) is 1.30. The van der Waals surface area contributed by atoms with Gasteiger partial charge in [-0.2, -0.15) is 0 Å². The van der Waals surface area contributed by atoms with Gasteiger partial charge in [-0.3, -0.25) is 28.0 Å². The third-order valence-corrected chi connectivity index (χ3v) is 9.67. The number of phosphoric ester groups is 2. The maximum atomic E-state index is 12.6. The Morgan fingerprint density at radius 1 is 0.550 bits per heavy atom. The molecule has 0 aliphatic heterocycles. The van der Waals surface area contributed by atoms with Crippen LogP contribution in [0, 0.1) is 0 Å². The number of unbranched alkanes of at least 4 members (excludes halogenated alkanes) is 8. The van der Waals surface area contributed by atoms with Crippen LogP contribution in [-0.2, 0) is 46.6 Å². The van der Waals surface area contributed by atoms with E-state index in [2.05, 4.69) is 83.7 Å². The zero-order valence-corrected chi connectivity index (χ0v) is 37.6. The van der Waals surface area contributed by atoms with Crippen molar-refractivity contribution in [3.63, 3.8) is 0 Å². The van der Waals surface area contributed by atoms with E-state index in [1.807, 2.05) is 6.08 Å². The van der Waals surface area contributed by atoms with Crippen LogP contribution in [-0.4, -0.2) is 76.1 Å². The lowest BCUT2D eigenvalue weighted by Gasteiger charge is -2.20. The van der Waals surface area contributed by atoms with Gasteiger partial charge in [-0.25, -0.2) is 9.13 Å². The summed E-state index contributed by atoms with van der Waals surface area (Å²) in [5, 5.41) is 9.73. The molecule has 0 rings (SSSR count). The smallest absolute Gasteiger partial charge is 0.462 e. The highest BCUT2D eigenvalue weighted by atomic mass is 31.2. The van der Waals surface area contributed by atoms with E-state index in [1.54, 1.807) is 12.2 Å². The number of carbonyl (C=O) groups excluding carboxylic acids is 3. The third kappa shape index (κ3) is 41.7. The van der Waals surface area contributed by atoms with Gasteiger partial charge in [-0.1, -0.05) is 125 Å². The maximum Gasteiger partial charge on any atom is 0.472 e. The molecule has 3 atom stereocenters. The molecule has 0 aliphatic rings. The molecule has 0 bridgehead atoms. The molecule has 60 heavy (non-hydrogen) atoms. The number of hydrogen-bond acceptors (Lipinski definition) is 11. The van der Waals surface area contributed by atoms with E-state index in [9.17, 15) is 33.5 Å². The molecule has 0 aromatic rings. The van der Waals surface area contributed by atoms with Crippen molar-refractivity contribution >= 4 is 33.4 Å². The molecule has 342 valence electrons. The Balaban J connectivity index is 4.78. The number of aliphatic hydroxyl groups is 1. The minimum absolute atomic E-state index is 0.0690. The molecule has 0 saturated heterocycles. The Kier molecular flexibility index (Phi) is 36.9. The molecule has 0 heterocycles. The first kappa shape index (κ1) is 57.0. The molecule has 1 unspecified atom stereocenters. The van der Waals surface area contributed by atoms with E-state index in [0.717, 1.165) is 70.6 Å². The molecule has 0 radical (unpaired) electrons. The number of carbonyl (C=O) groups is 3. The normalized spacial score (nSPS) is 14.8. The Hall–Kier alpha value is -3.03. The molecule has 0 spiro atoms. The van der Waals surface area contributed by atoms with Crippen molar-refractivity contribution in [2.24, 2.45) is 0 Å². The van der Waals surface area contributed by atoms with Crippen LogP contribution in [0.2, 0.25) is 0 Å². The first-order valence-corrected chi connectivity index (χ1v) is 24.3. The van der Waals surface area contributed by atoms with E-state index >= 15 is 0 Å².